The second-order valence-corrected chi connectivity index (χ2v) is 9.91. The van der Waals surface area contributed by atoms with Crippen molar-refractivity contribution in [3.63, 3.8) is 0 Å². The average Bonchev–Trinajstić information content (AvgIpc) is 3.13. The fourth-order valence-corrected chi connectivity index (χ4v) is 4.85. The summed E-state index contributed by atoms with van der Waals surface area (Å²) in [5, 5.41) is 11.3. The van der Waals surface area contributed by atoms with Gasteiger partial charge in [-0.05, 0) is 36.8 Å². The number of para-hydroxylation sites is 2. The van der Waals surface area contributed by atoms with E-state index in [4.69, 9.17) is 4.98 Å². The quantitative estimate of drug-likeness (QED) is 0.369. The fourth-order valence-electron chi connectivity index (χ4n) is 3.66. The van der Waals surface area contributed by atoms with E-state index in [1.54, 1.807) is 11.8 Å². The Hall–Kier alpha value is -2.56. The zero-order chi connectivity index (χ0) is 21.3. The first-order chi connectivity index (χ1) is 14.3. The van der Waals surface area contributed by atoms with E-state index in [0.29, 0.717) is 0 Å². The Kier molecular flexibility index (Phi) is 5.72. The van der Waals surface area contributed by atoms with Crippen LogP contribution in [0.5, 0.6) is 0 Å². The minimum Gasteiger partial charge on any atom is -0.385 e. The molecule has 4 rings (SSSR count). The molecule has 1 N–H and O–H groups in total. The first-order valence-corrected chi connectivity index (χ1v) is 11.2. The zero-order valence-corrected chi connectivity index (χ0v) is 18.7. The Morgan fingerprint density at radius 2 is 1.50 bits per heavy atom. The highest BCUT2D eigenvalue weighted by Crippen LogP contribution is 2.44. The molecule has 0 saturated carbocycles. The number of nitrogens with zero attached hydrogens (tertiary/aromatic N) is 2. The van der Waals surface area contributed by atoms with Crippen molar-refractivity contribution < 1.29 is 5.11 Å². The Labute approximate surface area is 182 Å². The van der Waals surface area contributed by atoms with Crippen LogP contribution >= 0.6 is 11.8 Å². The van der Waals surface area contributed by atoms with Crippen LogP contribution in [0.1, 0.15) is 49.2 Å². The van der Waals surface area contributed by atoms with E-state index in [1.165, 1.54) is 5.56 Å². The minimum atomic E-state index is -0.686. The van der Waals surface area contributed by atoms with Gasteiger partial charge in [0.15, 0.2) is 0 Å². The van der Waals surface area contributed by atoms with Crippen LogP contribution in [-0.4, -0.2) is 14.7 Å². The molecule has 0 aliphatic rings. The summed E-state index contributed by atoms with van der Waals surface area (Å²) in [4.78, 5) is 6.09. The average molecular weight is 417 g/mol. The maximum atomic E-state index is 11.6. The van der Waals surface area contributed by atoms with E-state index in [1.807, 2.05) is 48.5 Å². The zero-order valence-electron chi connectivity index (χ0n) is 17.9. The Balaban J connectivity index is 1.90. The Morgan fingerprint density at radius 3 is 2.17 bits per heavy atom. The molecule has 4 aromatic rings. The van der Waals surface area contributed by atoms with Crippen molar-refractivity contribution in [2.75, 3.05) is 0 Å². The SMILES string of the molecule is Cc1ccc(C(O)C(Sc2ccccc2)n2c(C(C)(C)C)nc3ccccc32)cc1. The molecule has 0 saturated heterocycles. The van der Waals surface area contributed by atoms with Crippen molar-refractivity contribution in [2.24, 2.45) is 0 Å². The number of aromatic nitrogens is 2. The van der Waals surface area contributed by atoms with Crippen molar-refractivity contribution in [1.82, 2.24) is 9.55 Å². The van der Waals surface area contributed by atoms with Crippen LogP contribution in [0.3, 0.4) is 0 Å². The molecule has 2 atom stereocenters. The molecule has 0 amide bonds. The lowest BCUT2D eigenvalue weighted by molar-refractivity contribution is 0.151. The molecule has 1 heterocycles. The molecular formula is C26H28N2OS. The standard InChI is InChI=1S/C26H28N2OS/c1-18-14-16-19(17-15-18)23(29)24(30-20-10-6-5-7-11-20)28-22-13-9-8-12-21(22)27-25(28)26(2,3)4/h5-17,23-24,29H,1-4H3. The van der Waals surface area contributed by atoms with Gasteiger partial charge in [-0.1, -0.05) is 92.7 Å². The fraction of sp³-hybridized carbons (Fsp3) is 0.269. The van der Waals surface area contributed by atoms with Crippen molar-refractivity contribution in [1.29, 1.82) is 0 Å². The van der Waals surface area contributed by atoms with Gasteiger partial charge in [-0.3, -0.25) is 0 Å². The summed E-state index contributed by atoms with van der Waals surface area (Å²) < 4.78 is 2.23. The van der Waals surface area contributed by atoms with E-state index in [9.17, 15) is 5.11 Å². The number of thioether (sulfide) groups is 1. The van der Waals surface area contributed by atoms with Crippen LogP contribution < -0.4 is 0 Å². The lowest BCUT2D eigenvalue weighted by atomic mass is 9.95. The first kappa shape index (κ1) is 20.7. The van der Waals surface area contributed by atoms with Crippen LogP contribution in [0.4, 0.5) is 0 Å². The van der Waals surface area contributed by atoms with Gasteiger partial charge in [0.25, 0.3) is 0 Å². The van der Waals surface area contributed by atoms with Gasteiger partial charge >= 0.3 is 0 Å². The van der Waals surface area contributed by atoms with Crippen molar-refractivity contribution in [3.05, 3.63) is 95.8 Å². The number of benzene rings is 3. The molecule has 0 aliphatic carbocycles. The third kappa shape index (κ3) is 4.16. The first-order valence-electron chi connectivity index (χ1n) is 10.3. The van der Waals surface area contributed by atoms with Gasteiger partial charge < -0.3 is 9.67 Å². The molecule has 30 heavy (non-hydrogen) atoms. The van der Waals surface area contributed by atoms with Gasteiger partial charge in [-0.2, -0.15) is 0 Å². The number of aliphatic hydroxyl groups is 1. The van der Waals surface area contributed by atoms with Crippen LogP contribution in [0.2, 0.25) is 0 Å². The predicted octanol–water partition coefficient (Wildman–Crippen LogP) is 6.67. The molecule has 4 heteroatoms. The van der Waals surface area contributed by atoms with Crippen LogP contribution in [0, 0.1) is 6.92 Å². The van der Waals surface area contributed by atoms with Gasteiger partial charge in [0, 0.05) is 10.3 Å². The molecule has 0 fully saturated rings. The number of hydrogen-bond donors (Lipinski definition) is 1. The second-order valence-electron chi connectivity index (χ2n) is 8.72. The third-order valence-electron chi connectivity index (χ3n) is 5.21. The van der Waals surface area contributed by atoms with E-state index >= 15 is 0 Å². The highest BCUT2D eigenvalue weighted by atomic mass is 32.2. The molecule has 1 aromatic heterocycles. The molecular weight excluding hydrogens is 388 g/mol. The third-order valence-corrected chi connectivity index (χ3v) is 6.46. The number of hydrogen-bond acceptors (Lipinski definition) is 3. The largest absolute Gasteiger partial charge is 0.385 e. The highest BCUT2D eigenvalue weighted by Gasteiger charge is 2.32. The van der Waals surface area contributed by atoms with Crippen molar-refractivity contribution in [3.8, 4) is 0 Å². The maximum Gasteiger partial charge on any atom is 0.116 e. The maximum absolute atomic E-state index is 11.6. The van der Waals surface area contributed by atoms with Crippen LogP contribution in [0.25, 0.3) is 11.0 Å². The predicted molar refractivity (Wildman–Crippen MR) is 126 cm³/mol. The summed E-state index contributed by atoms with van der Waals surface area (Å²) in [6.45, 7) is 8.58. The van der Waals surface area contributed by atoms with Crippen LogP contribution in [-0.2, 0) is 5.41 Å². The summed E-state index contributed by atoms with van der Waals surface area (Å²) in [7, 11) is 0. The monoisotopic (exact) mass is 416 g/mol. The molecule has 0 bridgehead atoms. The molecule has 3 aromatic carbocycles. The van der Waals surface area contributed by atoms with Crippen molar-refractivity contribution >= 4 is 22.8 Å². The molecule has 2 unspecified atom stereocenters. The van der Waals surface area contributed by atoms with E-state index < -0.39 is 6.10 Å². The molecule has 154 valence electrons. The van der Waals surface area contributed by atoms with Crippen LogP contribution in [0.15, 0.2) is 83.8 Å². The lowest BCUT2D eigenvalue weighted by Gasteiger charge is -2.30. The molecule has 0 spiro atoms. The normalized spacial score (nSPS) is 14.0. The highest BCUT2D eigenvalue weighted by molar-refractivity contribution is 7.99. The van der Waals surface area contributed by atoms with Crippen molar-refractivity contribution in [2.45, 2.75) is 49.5 Å². The Morgan fingerprint density at radius 1 is 0.867 bits per heavy atom. The van der Waals surface area contributed by atoms with E-state index in [-0.39, 0.29) is 10.8 Å². The van der Waals surface area contributed by atoms with Gasteiger partial charge in [0.05, 0.1) is 11.0 Å². The summed E-state index contributed by atoms with van der Waals surface area (Å²) in [5.74, 6) is 0.975. The second kappa shape index (κ2) is 8.29. The number of imidazole rings is 1. The van der Waals surface area contributed by atoms with E-state index in [2.05, 4.69) is 62.6 Å². The Bertz CT molecular complexity index is 1130. The topological polar surface area (TPSA) is 38.0 Å². The summed E-state index contributed by atoms with van der Waals surface area (Å²) in [6, 6.07) is 26.6. The molecule has 0 radical (unpaired) electrons. The van der Waals surface area contributed by atoms with E-state index in [0.717, 1.165) is 27.3 Å². The summed E-state index contributed by atoms with van der Waals surface area (Å²) >= 11 is 1.67. The van der Waals surface area contributed by atoms with Gasteiger partial charge in [-0.15, -0.1) is 0 Å². The lowest BCUT2D eigenvalue weighted by Crippen LogP contribution is -2.24. The number of rotatable bonds is 5. The summed E-state index contributed by atoms with van der Waals surface area (Å²) in [5.41, 5.74) is 3.93. The molecule has 0 aliphatic heterocycles. The number of fused-ring (bicyclic) bond motifs is 1. The van der Waals surface area contributed by atoms with Gasteiger partial charge in [-0.25, -0.2) is 4.98 Å². The number of aryl methyl sites for hydroxylation is 1. The minimum absolute atomic E-state index is 0.165. The summed E-state index contributed by atoms with van der Waals surface area (Å²) in [6.07, 6.45) is -0.686. The van der Waals surface area contributed by atoms with Gasteiger partial charge in [0.1, 0.15) is 17.3 Å². The number of aliphatic hydroxyl groups excluding tert-OH is 1. The smallest absolute Gasteiger partial charge is 0.116 e. The van der Waals surface area contributed by atoms with Gasteiger partial charge in [0.2, 0.25) is 0 Å². The molecule has 3 nitrogen and oxygen atoms in total.